The maximum absolute atomic E-state index is 8.85. The van der Waals surface area contributed by atoms with Gasteiger partial charge in [-0.05, 0) is 49.4 Å². The Bertz CT molecular complexity index is 825. The van der Waals surface area contributed by atoms with Crippen LogP contribution in [-0.2, 0) is 0 Å². The van der Waals surface area contributed by atoms with Crippen LogP contribution in [0, 0.1) is 17.4 Å². The maximum Gasteiger partial charge on any atom is 0.211 e. The second-order valence-corrected chi connectivity index (χ2v) is 7.22. The summed E-state index contributed by atoms with van der Waals surface area (Å²) < 4.78 is 5.46. The number of hydrogen-bond donors (Lipinski definition) is 2. The summed E-state index contributed by atoms with van der Waals surface area (Å²) in [5.74, 6) is 2.06. The molecule has 152 valence electrons. The average Bonchev–Trinajstić information content (AvgIpc) is 3.43. The molecule has 3 rings (SSSR count). The highest BCUT2D eigenvalue weighted by atomic mass is 16.3. The van der Waals surface area contributed by atoms with Gasteiger partial charge in [0.25, 0.3) is 0 Å². The third-order valence-corrected chi connectivity index (χ3v) is 5.16. The van der Waals surface area contributed by atoms with E-state index in [1.807, 2.05) is 30.5 Å². The third-order valence-electron chi connectivity index (χ3n) is 5.16. The number of rotatable bonds is 9. The number of nitrogens with zero attached hydrogens (tertiary/aromatic N) is 4. The monoisotopic (exact) mass is 392 g/mol. The molecule has 2 N–H and O–H groups in total. The predicted octanol–water partition coefficient (Wildman–Crippen LogP) is 4.07. The van der Waals surface area contributed by atoms with Gasteiger partial charge >= 0.3 is 0 Å². The SMILES string of the molecule is C=C(c1ccco1)N1CCC(CCCCCN/C(=N/C#N)Nc2ccncc2)C1. The zero-order chi connectivity index (χ0) is 20.3. The number of hydrogen-bond acceptors (Lipinski definition) is 5. The van der Waals surface area contributed by atoms with Crippen LogP contribution in [0.3, 0.4) is 0 Å². The van der Waals surface area contributed by atoms with Gasteiger partial charge in [0.15, 0.2) is 0 Å². The highest BCUT2D eigenvalue weighted by molar-refractivity contribution is 5.94. The Labute approximate surface area is 172 Å². The summed E-state index contributed by atoms with van der Waals surface area (Å²) in [5, 5.41) is 15.2. The quantitative estimate of drug-likeness (QED) is 0.289. The second kappa shape index (κ2) is 10.9. The molecule has 0 aliphatic carbocycles. The molecule has 7 nitrogen and oxygen atoms in total. The second-order valence-electron chi connectivity index (χ2n) is 7.22. The Morgan fingerprint density at radius 1 is 1.31 bits per heavy atom. The van der Waals surface area contributed by atoms with Crippen LogP contribution in [0.15, 0.2) is 58.9 Å². The van der Waals surface area contributed by atoms with Gasteiger partial charge in [-0.3, -0.25) is 4.98 Å². The first-order valence-electron chi connectivity index (χ1n) is 10.1. The van der Waals surface area contributed by atoms with Crippen LogP contribution in [0.1, 0.15) is 37.9 Å². The molecule has 0 spiro atoms. The van der Waals surface area contributed by atoms with Gasteiger partial charge in [-0.15, -0.1) is 4.99 Å². The van der Waals surface area contributed by atoms with Gasteiger partial charge in [0.1, 0.15) is 5.76 Å². The molecule has 2 aromatic rings. The topological polar surface area (TPSA) is 89.5 Å². The lowest BCUT2D eigenvalue weighted by Gasteiger charge is -2.19. The van der Waals surface area contributed by atoms with Crippen molar-refractivity contribution in [1.82, 2.24) is 15.2 Å². The summed E-state index contributed by atoms with van der Waals surface area (Å²) in [6.07, 6.45) is 12.8. The molecule has 2 aromatic heterocycles. The van der Waals surface area contributed by atoms with Crippen molar-refractivity contribution in [2.24, 2.45) is 10.9 Å². The van der Waals surface area contributed by atoms with E-state index in [2.05, 4.69) is 32.1 Å². The van der Waals surface area contributed by atoms with Crippen LogP contribution in [0.4, 0.5) is 5.69 Å². The summed E-state index contributed by atoms with van der Waals surface area (Å²) in [4.78, 5) is 10.1. The number of nitriles is 1. The minimum Gasteiger partial charge on any atom is -0.463 e. The van der Waals surface area contributed by atoms with E-state index in [9.17, 15) is 0 Å². The fourth-order valence-corrected chi connectivity index (χ4v) is 3.59. The largest absolute Gasteiger partial charge is 0.463 e. The van der Waals surface area contributed by atoms with Crippen LogP contribution in [0.25, 0.3) is 5.70 Å². The Kier molecular flexibility index (Phi) is 7.70. The molecule has 1 atom stereocenters. The molecule has 1 unspecified atom stereocenters. The van der Waals surface area contributed by atoms with Crippen molar-refractivity contribution in [3.63, 3.8) is 0 Å². The number of likely N-dealkylation sites (tertiary alicyclic amines) is 1. The smallest absolute Gasteiger partial charge is 0.211 e. The number of anilines is 1. The molecule has 29 heavy (non-hydrogen) atoms. The number of pyridine rings is 1. The molecule has 1 saturated heterocycles. The lowest BCUT2D eigenvalue weighted by atomic mass is 10.0. The molecule has 0 amide bonds. The molecule has 1 fully saturated rings. The van der Waals surface area contributed by atoms with E-state index in [0.29, 0.717) is 5.96 Å². The van der Waals surface area contributed by atoms with E-state index in [4.69, 9.17) is 9.68 Å². The summed E-state index contributed by atoms with van der Waals surface area (Å²) in [6, 6.07) is 7.54. The van der Waals surface area contributed by atoms with Crippen LogP contribution >= 0.6 is 0 Å². The first-order chi connectivity index (χ1) is 14.3. The highest BCUT2D eigenvalue weighted by Gasteiger charge is 2.24. The van der Waals surface area contributed by atoms with E-state index in [0.717, 1.165) is 55.5 Å². The number of unbranched alkanes of at least 4 members (excludes halogenated alkanes) is 2. The molecule has 0 aromatic carbocycles. The lowest BCUT2D eigenvalue weighted by molar-refractivity contribution is 0.419. The normalized spacial score (nSPS) is 16.4. The van der Waals surface area contributed by atoms with E-state index >= 15 is 0 Å². The summed E-state index contributed by atoms with van der Waals surface area (Å²) >= 11 is 0. The zero-order valence-corrected chi connectivity index (χ0v) is 16.7. The minimum atomic E-state index is 0.474. The molecule has 0 saturated carbocycles. The van der Waals surface area contributed by atoms with Gasteiger partial charge in [0.2, 0.25) is 12.2 Å². The summed E-state index contributed by atoms with van der Waals surface area (Å²) in [6.45, 7) is 7.08. The molecule has 1 aliphatic heterocycles. The van der Waals surface area contributed by atoms with Gasteiger partial charge in [0, 0.05) is 37.7 Å². The summed E-state index contributed by atoms with van der Waals surface area (Å²) in [7, 11) is 0. The molecule has 3 heterocycles. The maximum atomic E-state index is 8.85. The van der Waals surface area contributed by atoms with Crippen molar-refractivity contribution < 1.29 is 4.42 Å². The Balaban J connectivity index is 1.29. The van der Waals surface area contributed by atoms with Crippen LogP contribution in [-0.4, -0.2) is 35.5 Å². The predicted molar refractivity (Wildman–Crippen MR) is 115 cm³/mol. The van der Waals surface area contributed by atoms with Gasteiger partial charge in [-0.25, -0.2) is 0 Å². The number of nitrogens with one attached hydrogen (secondary N) is 2. The Hall–Kier alpha value is -3.27. The molecule has 0 bridgehead atoms. The van der Waals surface area contributed by atoms with Crippen molar-refractivity contribution in [3.8, 4) is 6.19 Å². The van der Waals surface area contributed by atoms with E-state index in [1.165, 1.54) is 19.3 Å². The highest BCUT2D eigenvalue weighted by Crippen LogP contribution is 2.28. The Morgan fingerprint density at radius 3 is 2.93 bits per heavy atom. The van der Waals surface area contributed by atoms with Gasteiger partial charge in [0.05, 0.1) is 12.0 Å². The van der Waals surface area contributed by atoms with Crippen LogP contribution in [0.5, 0.6) is 0 Å². The van der Waals surface area contributed by atoms with Gasteiger partial charge in [-0.2, -0.15) is 5.26 Å². The molecule has 0 radical (unpaired) electrons. The van der Waals surface area contributed by atoms with Gasteiger partial charge in [-0.1, -0.05) is 19.4 Å². The molecular weight excluding hydrogens is 364 g/mol. The zero-order valence-electron chi connectivity index (χ0n) is 16.7. The fraction of sp³-hybridized carbons (Fsp3) is 0.409. The minimum absolute atomic E-state index is 0.474. The number of aliphatic imine (C=N–C) groups is 1. The number of furan rings is 1. The van der Waals surface area contributed by atoms with Crippen molar-refractivity contribution >= 4 is 17.3 Å². The number of guanidine groups is 1. The van der Waals surface area contributed by atoms with Crippen molar-refractivity contribution in [2.45, 2.75) is 32.1 Å². The lowest BCUT2D eigenvalue weighted by Crippen LogP contribution is -2.31. The van der Waals surface area contributed by atoms with E-state index in [-0.39, 0.29) is 0 Å². The number of aromatic nitrogens is 1. The van der Waals surface area contributed by atoms with E-state index in [1.54, 1.807) is 18.7 Å². The molecule has 7 heteroatoms. The Morgan fingerprint density at radius 2 is 2.17 bits per heavy atom. The van der Waals surface area contributed by atoms with E-state index < -0.39 is 0 Å². The molecular formula is C22H28N6O. The third kappa shape index (κ3) is 6.39. The molecule has 1 aliphatic rings. The average molecular weight is 393 g/mol. The van der Waals surface area contributed by atoms with Gasteiger partial charge < -0.3 is 20.0 Å². The van der Waals surface area contributed by atoms with Crippen LogP contribution < -0.4 is 10.6 Å². The van der Waals surface area contributed by atoms with Crippen molar-refractivity contribution in [2.75, 3.05) is 25.0 Å². The van der Waals surface area contributed by atoms with Crippen molar-refractivity contribution in [3.05, 3.63) is 55.3 Å². The first kappa shape index (κ1) is 20.5. The standard InChI is InChI=1S/C22H28N6O/c1-18(21-7-5-15-29-21)28-14-10-19(16-28)6-3-2-4-11-25-22(26-17-23)27-20-8-12-24-13-9-20/h5,7-9,12-13,15,19H,1-4,6,10-11,14,16H2,(H2,24,25,26,27). The van der Waals surface area contributed by atoms with Crippen LogP contribution in [0.2, 0.25) is 0 Å². The van der Waals surface area contributed by atoms with Crippen molar-refractivity contribution in [1.29, 1.82) is 5.26 Å². The first-order valence-corrected chi connectivity index (χ1v) is 10.1. The summed E-state index contributed by atoms with van der Waals surface area (Å²) in [5.41, 5.74) is 1.84. The fourth-order valence-electron chi connectivity index (χ4n) is 3.59.